The molecule has 19 heavy (non-hydrogen) atoms. The molecule has 0 saturated carbocycles. The first kappa shape index (κ1) is 11.9. The molecule has 0 radical (unpaired) electrons. The summed E-state index contributed by atoms with van der Waals surface area (Å²) in [6, 6.07) is 15.8. The minimum atomic E-state index is 0.466. The van der Waals surface area contributed by atoms with Crippen LogP contribution in [0.1, 0.15) is 0 Å². The first-order valence-corrected chi connectivity index (χ1v) is 6.31. The van der Waals surface area contributed by atoms with Crippen LogP contribution in [0.4, 0.5) is 0 Å². The van der Waals surface area contributed by atoms with Crippen molar-refractivity contribution in [2.75, 3.05) is 0 Å². The molecule has 3 nitrogen and oxygen atoms in total. The molecule has 0 fully saturated rings. The van der Waals surface area contributed by atoms with Gasteiger partial charge in [0.15, 0.2) is 5.16 Å². The van der Waals surface area contributed by atoms with Crippen molar-refractivity contribution in [1.82, 2.24) is 15.0 Å². The van der Waals surface area contributed by atoms with Crippen molar-refractivity contribution in [2.24, 2.45) is 0 Å². The van der Waals surface area contributed by atoms with Gasteiger partial charge in [-0.15, -0.1) is 12.6 Å². The fraction of sp³-hybridized carbons (Fsp3) is 0. The van der Waals surface area contributed by atoms with E-state index in [2.05, 4.69) is 27.6 Å². The molecule has 0 N–H and O–H groups in total. The number of hydrogen-bond donors (Lipinski definition) is 1. The lowest BCUT2D eigenvalue weighted by atomic mass is 10.1. The summed E-state index contributed by atoms with van der Waals surface area (Å²) in [6.45, 7) is 0. The van der Waals surface area contributed by atoms with E-state index in [1.54, 1.807) is 12.4 Å². The Morgan fingerprint density at radius 3 is 1.95 bits per heavy atom. The Kier molecular flexibility index (Phi) is 3.25. The maximum absolute atomic E-state index is 4.37. The van der Waals surface area contributed by atoms with Crippen LogP contribution in [0.2, 0.25) is 0 Å². The predicted octanol–water partition coefficient (Wildman–Crippen LogP) is 3.49. The van der Waals surface area contributed by atoms with Crippen LogP contribution in [0.3, 0.4) is 0 Å². The van der Waals surface area contributed by atoms with Crippen LogP contribution in [-0.4, -0.2) is 15.0 Å². The van der Waals surface area contributed by atoms with Gasteiger partial charge in [0.2, 0.25) is 0 Å². The average molecular weight is 265 g/mol. The summed E-state index contributed by atoms with van der Waals surface area (Å²) in [7, 11) is 0. The minimum absolute atomic E-state index is 0.466. The van der Waals surface area contributed by atoms with Gasteiger partial charge in [-0.2, -0.15) is 0 Å². The van der Waals surface area contributed by atoms with E-state index in [1.165, 1.54) is 0 Å². The molecule has 1 aromatic carbocycles. The Hall–Kier alpha value is -2.20. The first-order valence-electron chi connectivity index (χ1n) is 5.87. The lowest BCUT2D eigenvalue weighted by Gasteiger charge is -2.05. The molecule has 0 unspecified atom stereocenters. The second-order valence-corrected chi connectivity index (χ2v) is 4.44. The Balaban J connectivity index is 2.12. The van der Waals surface area contributed by atoms with Gasteiger partial charge in [-0.25, -0.2) is 9.97 Å². The summed E-state index contributed by atoms with van der Waals surface area (Å²) in [5, 5.41) is 0.466. The first-order chi connectivity index (χ1) is 9.33. The zero-order chi connectivity index (χ0) is 13.1. The van der Waals surface area contributed by atoms with Gasteiger partial charge in [-0.3, -0.25) is 4.98 Å². The molecule has 3 rings (SSSR count). The van der Waals surface area contributed by atoms with E-state index in [-0.39, 0.29) is 0 Å². The van der Waals surface area contributed by atoms with Crippen LogP contribution in [0.5, 0.6) is 0 Å². The van der Waals surface area contributed by atoms with Gasteiger partial charge in [0, 0.05) is 23.5 Å². The summed E-state index contributed by atoms with van der Waals surface area (Å²) in [6.07, 6.45) is 3.50. The lowest BCUT2D eigenvalue weighted by Crippen LogP contribution is -1.92. The third-order valence-corrected chi connectivity index (χ3v) is 2.96. The van der Waals surface area contributed by atoms with Crippen molar-refractivity contribution in [3.8, 4) is 22.5 Å². The highest BCUT2D eigenvalue weighted by Crippen LogP contribution is 2.23. The number of hydrogen-bond acceptors (Lipinski definition) is 4. The Morgan fingerprint density at radius 1 is 0.737 bits per heavy atom. The molecular weight excluding hydrogens is 254 g/mol. The van der Waals surface area contributed by atoms with Gasteiger partial charge in [0.1, 0.15) is 0 Å². The zero-order valence-corrected chi connectivity index (χ0v) is 11.0. The molecule has 3 aromatic rings. The van der Waals surface area contributed by atoms with Gasteiger partial charge in [0.05, 0.1) is 11.4 Å². The molecular formula is C15H11N3S. The van der Waals surface area contributed by atoms with Crippen molar-refractivity contribution in [2.45, 2.75) is 5.16 Å². The van der Waals surface area contributed by atoms with E-state index < -0.39 is 0 Å². The third kappa shape index (κ3) is 2.63. The summed E-state index contributed by atoms with van der Waals surface area (Å²) < 4.78 is 0. The number of thiol groups is 1. The second-order valence-electron chi connectivity index (χ2n) is 4.04. The highest BCUT2D eigenvalue weighted by Gasteiger charge is 2.06. The minimum Gasteiger partial charge on any atom is -0.265 e. The third-order valence-electron chi connectivity index (χ3n) is 2.76. The highest BCUT2D eigenvalue weighted by molar-refractivity contribution is 7.80. The monoisotopic (exact) mass is 265 g/mol. The van der Waals surface area contributed by atoms with Crippen LogP contribution in [-0.2, 0) is 0 Å². The fourth-order valence-corrected chi connectivity index (χ4v) is 2.08. The van der Waals surface area contributed by atoms with Crippen molar-refractivity contribution < 1.29 is 0 Å². The molecule has 2 heterocycles. The molecule has 0 aliphatic heterocycles. The Morgan fingerprint density at radius 2 is 1.32 bits per heavy atom. The van der Waals surface area contributed by atoms with Gasteiger partial charge in [0.25, 0.3) is 0 Å². The number of aromatic nitrogens is 3. The van der Waals surface area contributed by atoms with Crippen LogP contribution >= 0.6 is 12.6 Å². The van der Waals surface area contributed by atoms with Crippen molar-refractivity contribution >= 4 is 12.6 Å². The standard InChI is InChI=1S/C15H11N3S/c19-15-17-13(11-4-2-1-3-5-11)10-14(18-15)12-6-8-16-9-7-12/h1-10H,(H,17,18,19). The number of rotatable bonds is 2. The average Bonchev–Trinajstić information content (AvgIpc) is 2.48. The summed E-state index contributed by atoms with van der Waals surface area (Å²) in [5.74, 6) is 0. The SMILES string of the molecule is Sc1nc(-c2ccccc2)cc(-c2ccncc2)n1. The summed E-state index contributed by atoms with van der Waals surface area (Å²) >= 11 is 4.29. The summed E-state index contributed by atoms with van der Waals surface area (Å²) in [4.78, 5) is 12.7. The Bertz CT molecular complexity index is 627. The molecule has 92 valence electrons. The molecule has 0 aliphatic carbocycles. The second kappa shape index (κ2) is 5.20. The van der Waals surface area contributed by atoms with Gasteiger partial charge in [-0.05, 0) is 18.2 Å². The molecule has 0 amide bonds. The Labute approximate surface area is 116 Å². The highest BCUT2D eigenvalue weighted by atomic mass is 32.1. The lowest BCUT2D eigenvalue weighted by molar-refractivity contribution is 0.986. The van der Waals surface area contributed by atoms with E-state index in [0.29, 0.717) is 5.16 Å². The molecule has 0 aliphatic rings. The van der Waals surface area contributed by atoms with E-state index in [9.17, 15) is 0 Å². The van der Waals surface area contributed by atoms with E-state index in [4.69, 9.17) is 0 Å². The number of nitrogens with zero attached hydrogens (tertiary/aromatic N) is 3. The van der Waals surface area contributed by atoms with Crippen LogP contribution < -0.4 is 0 Å². The van der Waals surface area contributed by atoms with Crippen LogP contribution in [0, 0.1) is 0 Å². The normalized spacial score (nSPS) is 10.4. The maximum Gasteiger partial charge on any atom is 0.185 e. The number of benzene rings is 1. The van der Waals surface area contributed by atoms with Crippen LogP contribution in [0.25, 0.3) is 22.5 Å². The van der Waals surface area contributed by atoms with E-state index in [1.807, 2.05) is 48.5 Å². The number of pyridine rings is 1. The largest absolute Gasteiger partial charge is 0.265 e. The zero-order valence-electron chi connectivity index (χ0n) is 10.1. The predicted molar refractivity (Wildman–Crippen MR) is 78.0 cm³/mol. The smallest absolute Gasteiger partial charge is 0.185 e. The topological polar surface area (TPSA) is 38.7 Å². The molecule has 0 saturated heterocycles. The van der Waals surface area contributed by atoms with E-state index in [0.717, 1.165) is 22.5 Å². The van der Waals surface area contributed by atoms with Crippen LogP contribution in [0.15, 0.2) is 66.1 Å². The molecule has 0 bridgehead atoms. The van der Waals surface area contributed by atoms with Crippen molar-refractivity contribution in [1.29, 1.82) is 0 Å². The maximum atomic E-state index is 4.37. The van der Waals surface area contributed by atoms with Gasteiger partial charge >= 0.3 is 0 Å². The van der Waals surface area contributed by atoms with E-state index >= 15 is 0 Å². The molecule has 0 atom stereocenters. The molecule has 4 heteroatoms. The van der Waals surface area contributed by atoms with Crippen molar-refractivity contribution in [3.63, 3.8) is 0 Å². The van der Waals surface area contributed by atoms with Crippen molar-refractivity contribution in [3.05, 3.63) is 60.9 Å². The quantitative estimate of drug-likeness (QED) is 0.569. The van der Waals surface area contributed by atoms with Gasteiger partial charge < -0.3 is 0 Å². The molecule has 2 aromatic heterocycles. The fourth-order valence-electron chi connectivity index (χ4n) is 1.86. The summed E-state index contributed by atoms with van der Waals surface area (Å²) in [5.41, 5.74) is 3.77. The molecule has 0 spiro atoms. The van der Waals surface area contributed by atoms with Gasteiger partial charge in [-0.1, -0.05) is 30.3 Å².